The molecule has 0 spiro atoms. The second kappa shape index (κ2) is 8.06. The van der Waals surface area contributed by atoms with Crippen molar-refractivity contribution < 1.29 is 9.59 Å². The van der Waals surface area contributed by atoms with Crippen LogP contribution in [-0.2, 0) is 16.0 Å². The molecule has 0 aliphatic carbocycles. The Morgan fingerprint density at radius 3 is 2.46 bits per heavy atom. The quantitative estimate of drug-likeness (QED) is 0.787. The Balaban J connectivity index is 1.50. The van der Waals surface area contributed by atoms with Gasteiger partial charge in [-0.3, -0.25) is 9.59 Å². The lowest BCUT2D eigenvalue weighted by atomic mass is 9.95. The maximum Gasteiger partial charge on any atom is 0.226 e. The average molecular weight is 346 g/mol. The van der Waals surface area contributed by atoms with Gasteiger partial charge in [0.25, 0.3) is 0 Å². The van der Waals surface area contributed by atoms with Crippen molar-refractivity contribution in [1.82, 2.24) is 9.80 Å². The van der Waals surface area contributed by atoms with E-state index in [2.05, 4.69) is 12.1 Å². The Labute approximate surface area is 148 Å². The predicted octanol–water partition coefficient (Wildman–Crippen LogP) is 2.81. The molecular formula is C19H26N2O2S. The van der Waals surface area contributed by atoms with Gasteiger partial charge in [0.2, 0.25) is 11.8 Å². The van der Waals surface area contributed by atoms with Crippen LogP contribution in [0.4, 0.5) is 0 Å². The van der Waals surface area contributed by atoms with Gasteiger partial charge in [-0.05, 0) is 49.6 Å². The van der Waals surface area contributed by atoms with Crippen LogP contribution in [0.1, 0.15) is 31.2 Å². The van der Waals surface area contributed by atoms with Crippen LogP contribution in [0.5, 0.6) is 0 Å². The van der Waals surface area contributed by atoms with Gasteiger partial charge in [-0.1, -0.05) is 12.1 Å². The normalized spacial score (nSPS) is 18.9. The summed E-state index contributed by atoms with van der Waals surface area (Å²) in [7, 11) is 0. The van der Waals surface area contributed by atoms with Crippen molar-refractivity contribution in [3.05, 3.63) is 29.8 Å². The summed E-state index contributed by atoms with van der Waals surface area (Å²) in [5, 5.41) is 0. The molecule has 2 aliphatic heterocycles. The molecule has 0 bridgehead atoms. The van der Waals surface area contributed by atoms with E-state index < -0.39 is 0 Å². The smallest absolute Gasteiger partial charge is 0.226 e. The van der Waals surface area contributed by atoms with Crippen molar-refractivity contribution in [3.8, 4) is 0 Å². The highest BCUT2D eigenvalue weighted by Gasteiger charge is 2.31. The molecule has 3 rings (SSSR count). The molecule has 2 amide bonds. The molecule has 4 nitrogen and oxygen atoms in total. The van der Waals surface area contributed by atoms with E-state index in [0.717, 1.165) is 44.3 Å². The maximum absolute atomic E-state index is 12.5. The van der Waals surface area contributed by atoms with Gasteiger partial charge in [0.1, 0.15) is 0 Å². The number of rotatable bonds is 4. The van der Waals surface area contributed by atoms with Crippen LogP contribution in [0, 0.1) is 5.92 Å². The number of thioether (sulfide) groups is 1. The fourth-order valence-corrected chi connectivity index (χ4v) is 4.12. The van der Waals surface area contributed by atoms with Gasteiger partial charge >= 0.3 is 0 Å². The van der Waals surface area contributed by atoms with Crippen LogP contribution in [-0.4, -0.2) is 54.0 Å². The van der Waals surface area contributed by atoms with E-state index in [4.69, 9.17) is 0 Å². The summed E-state index contributed by atoms with van der Waals surface area (Å²) in [5.74, 6) is 0.611. The molecule has 130 valence electrons. The Bertz CT molecular complexity index is 591. The molecule has 2 aliphatic rings. The van der Waals surface area contributed by atoms with Crippen LogP contribution in [0.15, 0.2) is 29.2 Å². The molecule has 1 aromatic rings. The van der Waals surface area contributed by atoms with Crippen LogP contribution in [0.3, 0.4) is 0 Å². The SMILES string of the molecule is CSc1cccc(CC(=O)N2CCC(C(=O)N3CCCC3)CC2)c1. The number of hydrogen-bond donors (Lipinski definition) is 0. The number of benzene rings is 1. The van der Waals surface area contributed by atoms with Crippen LogP contribution in [0.2, 0.25) is 0 Å². The average Bonchev–Trinajstić information content (AvgIpc) is 3.16. The second-order valence-corrected chi connectivity index (χ2v) is 7.60. The van der Waals surface area contributed by atoms with Gasteiger partial charge in [-0.2, -0.15) is 0 Å². The summed E-state index contributed by atoms with van der Waals surface area (Å²) in [5.41, 5.74) is 1.07. The first-order chi connectivity index (χ1) is 11.7. The van der Waals surface area contributed by atoms with Crippen molar-refractivity contribution in [1.29, 1.82) is 0 Å². The second-order valence-electron chi connectivity index (χ2n) is 6.72. The fraction of sp³-hybridized carbons (Fsp3) is 0.579. The third kappa shape index (κ3) is 4.12. The van der Waals surface area contributed by atoms with Gasteiger partial charge < -0.3 is 9.80 Å². The lowest BCUT2D eigenvalue weighted by molar-refractivity contribution is -0.139. The standard InChI is InChI=1S/C19H26N2O2S/c1-24-17-6-4-5-15(13-17)14-18(22)20-11-7-16(8-12-20)19(23)21-9-2-3-10-21/h4-6,13,16H,2-3,7-12,14H2,1H3. The van der Waals surface area contributed by atoms with Gasteiger partial charge in [-0.25, -0.2) is 0 Å². The highest BCUT2D eigenvalue weighted by Crippen LogP contribution is 2.23. The third-order valence-corrected chi connectivity index (χ3v) is 5.83. The fourth-order valence-electron chi connectivity index (χ4n) is 3.64. The minimum absolute atomic E-state index is 0.118. The van der Waals surface area contributed by atoms with E-state index in [9.17, 15) is 9.59 Å². The minimum Gasteiger partial charge on any atom is -0.342 e. The lowest BCUT2D eigenvalue weighted by Gasteiger charge is -2.33. The van der Waals surface area contributed by atoms with Crippen LogP contribution >= 0.6 is 11.8 Å². The summed E-state index contributed by atoms with van der Waals surface area (Å²) in [6.07, 6.45) is 6.40. The summed E-state index contributed by atoms with van der Waals surface area (Å²) in [6.45, 7) is 3.27. The van der Waals surface area contributed by atoms with Gasteiger partial charge in [0, 0.05) is 37.0 Å². The van der Waals surface area contributed by atoms with E-state index in [1.807, 2.05) is 28.2 Å². The summed E-state index contributed by atoms with van der Waals surface area (Å²) in [4.78, 5) is 30.1. The molecule has 0 N–H and O–H groups in total. The summed E-state index contributed by atoms with van der Waals surface area (Å²) in [6, 6.07) is 8.18. The van der Waals surface area contributed by atoms with E-state index >= 15 is 0 Å². The number of carbonyl (C=O) groups excluding carboxylic acids is 2. The number of likely N-dealkylation sites (tertiary alicyclic amines) is 2. The Kier molecular flexibility index (Phi) is 5.82. The molecular weight excluding hydrogens is 320 g/mol. The third-order valence-electron chi connectivity index (χ3n) is 5.10. The van der Waals surface area contributed by atoms with Gasteiger partial charge in [-0.15, -0.1) is 11.8 Å². The van der Waals surface area contributed by atoms with Gasteiger partial charge in [0.15, 0.2) is 0 Å². The lowest BCUT2D eigenvalue weighted by Crippen LogP contribution is -2.44. The molecule has 2 fully saturated rings. The van der Waals surface area contributed by atoms with E-state index in [0.29, 0.717) is 25.4 Å². The number of nitrogens with zero attached hydrogens (tertiary/aromatic N) is 2. The minimum atomic E-state index is 0.118. The number of amides is 2. The zero-order valence-corrected chi connectivity index (χ0v) is 15.2. The molecule has 0 aromatic heterocycles. The van der Waals surface area contributed by atoms with Crippen LogP contribution in [0.25, 0.3) is 0 Å². The Hall–Kier alpha value is -1.49. The first-order valence-electron chi connectivity index (χ1n) is 8.87. The predicted molar refractivity (Wildman–Crippen MR) is 97.0 cm³/mol. The monoisotopic (exact) mass is 346 g/mol. The summed E-state index contributed by atoms with van der Waals surface area (Å²) < 4.78 is 0. The molecule has 0 unspecified atom stereocenters. The number of piperidine rings is 1. The molecule has 1 aromatic carbocycles. The zero-order chi connectivity index (χ0) is 16.9. The van der Waals surface area contributed by atoms with Crippen molar-refractivity contribution in [3.63, 3.8) is 0 Å². The van der Waals surface area contributed by atoms with Crippen molar-refractivity contribution in [2.45, 2.75) is 37.0 Å². The molecule has 2 heterocycles. The Morgan fingerprint density at radius 1 is 1.08 bits per heavy atom. The van der Waals surface area contributed by atoms with E-state index in [1.54, 1.807) is 11.8 Å². The molecule has 0 saturated carbocycles. The topological polar surface area (TPSA) is 40.6 Å². The van der Waals surface area contributed by atoms with Crippen molar-refractivity contribution >= 4 is 23.6 Å². The van der Waals surface area contributed by atoms with Gasteiger partial charge in [0.05, 0.1) is 6.42 Å². The largest absolute Gasteiger partial charge is 0.342 e. The molecule has 24 heavy (non-hydrogen) atoms. The maximum atomic E-state index is 12.5. The van der Waals surface area contributed by atoms with E-state index in [-0.39, 0.29) is 11.8 Å². The Morgan fingerprint density at radius 2 is 1.79 bits per heavy atom. The van der Waals surface area contributed by atoms with Crippen LogP contribution < -0.4 is 0 Å². The zero-order valence-electron chi connectivity index (χ0n) is 14.4. The molecule has 0 atom stereocenters. The highest BCUT2D eigenvalue weighted by molar-refractivity contribution is 7.98. The number of carbonyl (C=O) groups is 2. The van der Waals surface area contributed by atoms with E-state index in [1.165, 1.54) is 4.90 Å². The van der Waals surface area contributed by atoms with Crippen molar-refractivity contribution in [2.75, 3.05) is 32.4 Å². The van der Waals surface area contributed by atoms with Crippen molar-refractivity contribution in [2.24, 2.45) is 5.92 Å². The summed E-state index contributed by atoms with van der Waals surface area (Å²) >= 11 is 1.69. The molecule has 2 saturated heterocycles. The highest BCUT2D eigenvalue weighted by atomic mass is 32.2. The number of hydrogen-bond acceptors (Lipinski definition) is 3. The molecule has 0 radical (unpaired) electrons. The first-order valence-corrected chi connectivity index (χ1v) is 10.1. The first kappa shape index (κ1) is 17.3. The molecule has 5 heteroatoms.